The van der Waals surface area contributed by atoms with E-state index in [9.17, 15) is 24.3 Å². The third-order valence-electron chi connectivity index (χ3n) is 6.00. The van der Waals surface area contributed by atoms with Crippen LogP contribution >= 0.6 is 0 Å². The van der Waals surface area contributed by atoms with Gasteiger partial charge in [0.1, 0.15) is 17.7 Å². The summed E-state index contributed by atoms with van der Waals surface area (Å²) < 4.78 is 5.47. The van der Waals surface area contributed by atoms with E-state index in [2.05, 4.69) is 10.6 Å². The minimum atomic E-state index is -1.13. The van der Waals surface area contributed by atoms with Crippen molar-refractivity contribution in [1.29, 1.82) is 0 Å². The van der Waals surface area contributed by atoms with Crippen LogP contribution in [0.3, 0.4) is 0 Å². The van der Waals surface area contributed by atoms with Crippen molar-refractivity contribution in [3.8, 4) is 0 Å². The molecule has 0 aromatic heterocycles. The average Bonchev–Trinajstić information content (AvgIpc) is 2.76. The number of likely N-dealkylation sites (tertiary alicyclic amines) is 1. The quantitative estimate of drug-likeness (QED) is 0.557. The lowest BCUT2D eigenvalue weighted by Gasteiger charge is -2.41. The molecular weight excluding hydrogens is 438 g/mol. The summed E-state index contributed by atoms with van der Waals surface area (Å²) in [6, 6.07) is 7.31. The molecule has 3 N–H and O–H groups in total. The highest BCUT2D eigenvalue weighted by molar-refractivity contribution is 5.94. The van der Waals surface area contributed by atoms with Crippen LogP contribution < -0.4 is 10.6 Å². The number of aliphatic carboxylic acids is 1. The summed E-state index contributed by atoms with van der Waals surface area (Å²) in [7, 11) is 0. The highest BCUT2D eigenvalue weighted by Crippen LogP contribution is 2.36. The lowest BCUT2D eigenvalue weighted by molar-refractivity contribution is -0.143. The maximum Gasteiger partial charge on any atom is 0.410 e. The van der Waals surface area contributed by atoms with Crippen molar-refractivity contribution < 1.29 is 29.0 Å². The standard InChI is InChI=1S/C25H37N3O6/c1-16(2)19(21(30)31)27-20(29)17(3)26-22(32)25(18-10-8-7-9-11-18)12-14-28(15-13-25)23(33)34-24(4,5)6/h7-11,16-17,19H,12-15H2,1-6H3,(H,26,32)(H,27,29)(H,30,31)/t17-,19-/m0/s1. The zero-order chi connectivity index (χ0) is 25.7. The first kappa shape index (κ1) is 27.1. The molecule has 1 aromatic rings. The summed E-state index contributed by atoms with van der Waals surface area (Å²) in [5.74, 6) is -2.33. The van der Waals surface area contributed by atoms with Crippen LogP contribution in [-0.4, -0.2) is 64.7 Å². The van der Waals surface area contributed by atoms with Gasteiger partial charge in [0.15, 0.2) is 0 Å². The van der Waals surface area contributed by atoms with E-state index >= 15 is 0 Å². The molecule has 3 amide bonds. The number of hydrogen-bond donors (Lipinski definition) is 3. The molecule has 0 saturated carbocycles. The largest absolute Gasteiger partial charge is 0.480 e. The SMILES string of the molecule is CC(C)[C@H](NC(=O)[C@H](C)NC(=O)C1(c2ccccc2)CCN(C(=O)OC(C)(C)C)CC1)C(=O)O. The van der Waals surface area contributed by atoms with Gasteiger partial charge in [-0.3, -0.25) is 9.59 Å². The molecule has 2 atom stereocenters. The van der Waals surface area contributed by atoms with E-state index in [0.29, 0.717) is 25.9 Å². The van der Waals surface area contributed by atoms with Gasteiger partial charge in [-0.15, -0.1) is 0 Å². The number of amides is 3. The van der Waals surface area contributed by atoms with Crippen LogP contribution in [0, 0.1) is 5.92 Å². The minimum absolute atomic E-state index is 0.308. The fraction of sp³-hybridized carbons (Fsp3) is 0.600. The normalized spacial score (nSPS) is 17.4. The first-order valence-corrected chi connectivity index (χ1v) is 11.6. The van der Waals surface area contributed by atoms with Gasteiger partial charge in [-0.2, -0.15) is 0 Å². The van der Waals surface area contributed by atoms with E-state index < -0.39 is 41.1 Å². The predicted octanol–water partition coefficient (Wildman–Crippen LogP) is 2.69. The number of nitrogens with zero attached hydrogens (tertiary/aromatic N) is 1. The molecule has 188 valence electrons. The molecule has 1 heterocycles. The highest BCUT2D eigenvalue weighted by Gasteiger charge is 2.45. The average molecular weight is 476 g/mol. The number of carbonyl (C=O) groups excluding carboxylic acids is 3. The van der Waals surface area contributed by atoms with Crippen LogP contribution in [0.2, 0.25) is 0 Å². The van der Waals surface area contributed by atoms with E-state index in [1.807, 2.05) is 30.3 Å². The molecule has 0 unspecified atom stereocenters. The van der Waals surface area contributed by atoms with Gasteiger partial charge in [0, 0.05) is 13.1 Å². The number of carboxylic acid groups (broad SMARTS) is 1. The molecule has 0 aliphatic carbocycles. The number of nitrogens with one attached hydrogen (secondary N) is 2. The van der Waals surface area contributed by atoms with Crippen molar-refractivity contribution in [1.82, 2.24) is 15.5 Å². The molecule has 34 heavy (non-hydrogen) atoms. The van der Waals surface area contributed by atoms with Gasteiger partial charge in [0.05, 0.1) is 5.41 Å². The van der Waals surface area contributed by atoms with Crippen molar-refractivity contribution in [2.45, 2.75) is 77.5 Å². The maximum atomic E-state index is 13.6. The Bertz CT molecular complexity index is 886. The summed E-state index contributed by atoms with van der Waals surface area (Å²) in [6.45, 7) is 11.0. The number of benzene rings is 1. The van der Waals surface area contributed by atoms with Crippen molar-refractivity contribution >= 4 is 23.9 Å². The second-order valence-corrected chi connectivity index (χ2v) is 10.2. The Morgan fingerprint density at radius 1 is 1.00 bits per heavy atom. The first-order chi connectivity index (χ1) is 15.8. The van der Waals surface area contributed by atoms with E-state index in [0.717, 1.165) is 5.56 Å². The second kappa shape index (κ2) is 10.9. The fourth-order valence-electron chi connectivity index (χ4n) is 3.99. The number of piperidine rings is 1. The second-order valence-electron chi connectivity index (χ2n) is 10.2. The smallest absolute Gasteiger partial charge is 0.410 e. The zero-order valence-electron chi connectivity index (χ0n) is 20.9. The van der Waals surface area contributed by atoms with Crippen molar-refractivity contribution in [3.63, 3.8) is 0 Å². The number of carboxylic acids is 1. The van der Waals surface area contributed by atoms with Crippen LogP contribution in [-0.2, 0) is 24.5 Å². The van der Waals surface area contributed by atoms with Gasteiger partial charge in [-0.25, -0.2) is 9.59 Å². The molecule has 1 aliphatic heterocycles. The molecule has 1 aliphatic rings. The van der Waals surface area contributed by atoms with Gasteiger partial charge in [-0.1, -0.05) is 44.2 Å². The van der Waals surface area contributed by atoms with E-state index in [-0.39, 0.29) is 11.8 Å². The molecule has 1 fully saturated rings. The van der Waals surface area contributed by atoms with Gasteiger partial charge in [0.2, 0.25) is 11.8 Å². The van der Waals surface area contributed by atoms with E-state index in [4.69, 9.17) is 4.74 Å². The van der Waals surface area contributed by atoms with Crippen LogP contribution in [0.25, 0.3) is 0 Å². The lowest BCUT2D eigenvalue weighted by Crippen LogP contribution is -2.58. The molecule has 0 radical (unpaired) electrons. The molecule has 9 nitrogen and oxygen atoms in total. The van der Waals surface area contributed by atoms with Crippen molar-refractivity contribution in [3.05, 3.63) is 35.9 Å². The highest BCUT2D eigenvalue weighted by atomic mass is 16.6. The minimum Gasteiger partial charge on any atom is -0.480 e. The molecule has 0 spiro atoms. The Labute approximate surface area is 201 Å². The number of hydrogen-bond acceptors (Lipinski definition) is 5. The third kappa shape index (κ3) is 6.71. The molecule has 1 aromatic carbocycles. The molecule has 9 heteroatoms. The maximum absolute atomic E-state index is 13.6. The monoisotopic (exact) mass is 475 g/mol. The van der Waals surface area contributed by atoms with Crippen molar-refractivity contribution in [2.24, 2.45) is 5.92 Å². The fourth-order valence-corrected chi connectivity index (χ4v) is 3.99. The van der Waals surface area contributed by atoms with Crippen LogP contribution in [0.4, 0.5) is 4.79 Å². The molecule has 1 saturated heterocycles. The Morgan fingerprint density at radius 3 is 2.03 bits per heavy atom. The Kier molecular flexibility index (Phi) is 8.69. The van der Waals surface area contributed by atoms with E-state index in [1.54, 1.807) is 39.5 Å². The lowest BCUT2D eigenvalue weighted by atomic mass is 9.72. The van der Waals surface area contributed by atoms with Gasteiger partial charge in [-0.05, 0) is 52.0 Å². The Morgan fingerprint density at radius 2 is 1.56 bits per heavy atom. The van der Waals surface area contributed by atoms with Crippen LogP contribution in [0.1, 0.15) is 59.9 Å². The van der Waals surface area contributed by atoms with Gasteiger partial charge in [0.25, 0.3) is 0 Å². The summed E-state index contributed by atoms with van der Waals surface area (Å²) >= 11 is 0. The Hall–Kier alpha value is -3.10. The summed E-state index contributed by atoms with van der Waals surface area (Å²) in [5, 5.41) is 14.6. The summed E-state index contributed by atoms with van der Waals surface area (Å²) in [6.07, 6.45) is 0.302. The predicted molar refractivity (Wildman–Crippen MR) is 127 cm³/mol. The van der Waals surface area contributed by atoms with Gasteiger partial charge >= 0.3 is 12.1 Å². The van der Waals surface area contributed by atoms with Crippen molar-refractivity contribution in [2.75, 3.05) is 13.1 Å². The van der Waals surface area contributed by atoms with Gasteiger partial charge < -0.3 is 25.4 Å². The topological polar surface area (TPSA) is 125 Å². The third-order valence-corrected chi connectivity index (χ3v) is 6.00. The zero-order valence-corrected chi connectivity index (χ0v) is 20.9. The molecular formula is C25H37N3O6. The molecule has 2 rings (SSSR count). The number of rotatable bonds is 7. The Balaban J connectivity index is 2.18. The van der Waals surface area contributed by atoms with Crippen LogP contribution in [0.15, 0.2) is 30.3 Å². The van der Waals surface area contributed by atoms with Crippen LogP contribution in [0.5, 0.6) is 0 Å². The first-order valence-electron chi connectivity index (χ1n) is 11.6. The number of carbonyl (C=O) groups is 4. The summed E-state index contributed by atoms with van der Waals surface area (Å²) in [5.41, 5.74) is -0.748. The number of ether oxygens (including phenoxy) is 1. The van der Waals surface area contributed by atoms with E-state index in [1.165, 1.54) is 6.92 Å². The molecule has 0 bridgehead atoms. The summed E-state index contributed by atoms with van der Waals surface area (Å²) in [4.78, 5) is 51.7.